The van der Waals surface area contributed by atoms with Crippen LogP contribution in [0.4, 0.5) is 0 Å². The summed E-state index contributed by atoms with van der Waals surface area (Å²) < 4.78 is 31.4. The molecule has 4 aromatic rings. The minimum Gasteiger partial charge on any atom is -0.465 e. The third kappa shape index (κ3) is 5.98. The van der Waals surface area contributed by atoms with Crippen molar-refractivity contribution in [2.24, 2.45) is 4.99 Å². The molecule has 0 saturated carbocycles. The lowest BCUT2D eigenvalue weighted by atomic mass is 9.88. The maximum Gasteiger partial charge on any atom is 0.326 e. The van der Waals surface area contributed by atoms with Crippen LogP contribution in [0.2, 0.25) is 0 Å². The van der Waals surface area contributed by atoms with E-state index in [0.717, 1.165) is 28.7 Å². The van der Waals surface area contributed by atoms with Crippen molar-refractivity contribution in [1.29, 1.82) is 0 Å². The number of aromatic nitrogens is 1. The van der Waals surface area contributed by atoms with E-state index in [1.165, 1.54) is 12.1 Å². The molecular formula is C27H26N2O5S2. The van der Waals surface area contributed by atoms with Crippen LogP contribution in [0.3, 0.4) is 0 Å². The molecule has 1 heterocycles. The maximum absolute atomic E-state index is 13.3. The first-order chi connectivity index (χ1) is 17.3. The number of thiazole rings is 1. The number of amides is 1. The molecule has 0 saturated heterocycles. The first kappa shape index (κ1) is 25.5. The molecule has 0 aliphatic carbocycles. The standard InChI is InChI=1S/C27H26N2O5S2/c1-3-34-26(31)18-29-23-15-14-21(36(2,32)33)16-24(23)35-27(29)28-25(30)17-22(19-10-6-4-7-11-19)20-12-8-5-9-13-20/h4-16,22H,3,17-18H2,1-2H3. The minimum absolute atomic E-state index is 0.135. The fraction of sp³-hybridized carbons (Fsp3) is 0.222. The van der Waals surface area contributed by atoms with E-state index in [0.29, 0.717) is 15.0 Å². The molecule has 0 aliphatic rings. The molecule has 1 aromatic heterocycles. The minimum atomic E-state index is -3.42. The lowest BCUT2D eigenvalue weighted by Crippen LogP contribution is -2.23. The molecule has 7 nitrogen and oxygen atoms in total. The van der Waals surface area contributed by atoms with Gasteiger partial charge in [0.2, 0.25) is 5.91 Å². The van der Waals surface area contributed by atoms with Gasteiger partial charge >= 0.3 is 5.97 Å². The number of hydrogen-bond donors (Lipinski definition) is 0. The summed E-state index contributed by atoms with van der Waals surface area (Å²) in [6.07, 6.45) is 1.27. The van der Waals surface area contributed by atoms with E-state index in [4.69, 9.17) is 4.74 Å². The monoisotopic (exact) mass is 522 g/mol. The van der Waals surface area contributed by atoms with Crippen molar-refractivity contribution in [1.82, 2.24) is 4.57 Å². The van der Waals surface area contributed by atoms with Crippen molar-refractivity contribution in [2.75, 3.05) is 12.9 Å². The van der Waals surface area contributed by atoms with Gasteiger partial charge in [-0.15, -0.1) is 0 Å². The van der Waals surface area contributed by atoms with Crippen molar-refractivity contribution < 1.29 is 22.7 Å². The average molecular weight is 523 g/mol. The molecule has 186 valence electrons. The normalized spacial score (nSPS) is 12.2. The van der Waals surface area contributed by atoms with Gasteiger partial charge in [0.25, 0.3) is 0 Å². The summed E-state index contributed by atoms with van der Waals surface area (Å²) in [5.41, 5.74) is 2.61. The summed E-state index contributed by atoms with van der Waals surface area (Å²) in [7, 11) is -3.42. The van der Waals surface area contributed by atoms with Gasteiger partial charge in [0.15, 0.2) is 14.6 Å². The molecule has 0 atom stereocenters. The van der Waals surface area contributed by atoms with E-state index >= 15 is 0 Å². The van der Waals surface area contributed by atoms with Gasteiger partial charge < -0.3 is 9.30 Å². The molecule has 0 fully saturated rings. The van der Waals surface area contributed by atoms with Gasteiger partial charge in [0.05, 0.1) is 21.7 Å². The molecule has 0 N–H and O–H groups in total. The molecule has 1 amide bonds. The van der Waals surface area contributed by atoms with Gasteiger partial charge in [0.1, 0.15) is 6.54 Å². The highest BCUT2D eigenvalue weighted by molar-refractivity contribution is 7.90. The van der Waals surface area contributed by atoms with E-state index in [2.05, 4.69) is 4.99 Å². The first-order valence-electron chi connectivity index (χ1n) is 11.4. The van der Waals surface area contributed by atoms with Gasteiger partial charge in [-0.2, -0.15) is 4.99 Å². The summed E-state index contributed by atoms with van der Waals surface area (Å²) in [5.74, 6) is -1.00. The van der Waals surface area contributed by atoms with E-state index in [1.54, 1.807) is 17.6 Å². The fourth-order valence-corrected chi connectivity index (χ4v) is 5.79. The second kappa shape index (κ2) is 11.0. The van der Waals surface area contributed by atoms with Crippen LogP contribution in [-0.4, -0.2) is 37.7 Å². The van der Waals surface area contributed by atoms with Crippen molar-refractivity contribution in [2.45, 2.75) is 30.7 Å². The topological polar surface area (TPSA) is 94.8 Å². The third-order valence-corrected chi connectivity index (χ3v) is 7.83. The van der Waals surface area contributed by atoms with Gasteiger partial charge in [-0.25, -0.2) is 8.42 Å². The molecule has 9 heteroatoms. The summed E-state index contributed by atoms with van der Waals surface area (Å²) in [6.45, 7) is 1.80. The molecule has 36 heavy (non-hydrogen) atoms. The Hall–Kier alpha value is -3.56. The molecule has 0 spiro atoms. The molecule has 0 aliphatic heterocycles. The zero-order chi connectivity index (χ0) is 25.7. The number of rotatable bonds is 8. The number of sulfone groups is 1. The Morgan fingerprint density at radius 2 is 1.58 bits per heavy atom. The van der Waals surface area contributed by atoms with Crippen molar-refractivity contribution in [3.8, 4) is 0 Å². The van der Waals surface area contributed by atoms with Gasteiger partial charge in [-0.1, -0.05) is 72.0 Å². The number of esters is 1. The maximum atomic E-state index is 13.3. The van der Waals surface area contributed by atoms with Crippen LogP contribution in [-0.2, 0) is 30.7 Å². The van der Waals surface area contributed by atoms with Crippen molar-refractivity contribution in [3.05, 3.63) is 94.8 Å². The second-order valence-electron chi connectivity index (χ2n) is 8.26. The number of nitrogens with zero attached hydrogens (tertiary/aromatic N) is 2. The van der Waals surface area contributed by atoms with Gasteiger partial charge in [-0.05, 0) is 36.2 Å². The Labute approximate surface area is 213 Å². The van der Waals surface area contributed by atoms with Crippen molar-refractivity contribution in [3.63, 3.8) is 0 Å². The molecule has 4 rings (SSSR count). The smallest absolute Gasteiger partial charge is 0.326 e. The second-order valence-corrected chi connectivity index (χ2v) is 11.3. The third-order valence-electron chi connectivity index (χ3n) is 5.68. The Morgan fingerprint density at radius 1 is 0.972 bits per heavy atom. The van der Waals surface area contributed by atoms with Crippen LogP contribution in [0.5, 0.6) is 0 Å². The molecule has 0 bridgehead atoms. The van der Waals surface area contributed by atoms with E-state index in [9.17, 15) is 18.0 Å². The molecule has 3 aromatic carbocycles. The van der Waals surface area contributed by atoms with Gasteiger partial charge in [-0.3, -0.25) is 9.59 Å². The van der Waals surface area contributed by atoms with Crippen molar-refractivity contribution >= 4 is 43.3 Å². The number of carbonyl (C=O) groups is 2. The molecule has 0 radical (unpaired) electrons. The Morgan fingerprint density at radius 3 is 2.14 bits per heavy atom. The van der Waals surface area contributed by atoms with Crippen LogP contribution in [0.1, 0.15) is 30.4 Å². The summed E-state index contributed by atoms with van der Waals surface area (Å²) in [5, 5.41) is 0. The van der Waals surface area contributed by atoms with Crippen LogP contribution >= 0.6 is 11.3 Å². The van der Waals surface area contributed by atoms with E-state index in [-0.39, 0.29) is 36.3 Å². The lowest BCUT2D eigenvalue weighted by molar-refractivity contribution is -0.143. The summed E-state index contributed by atoms with van der Waals surface area (Å²) in [4.78, 5) is 30.4. The average Bonchev–Trinajstić information content (AvgIpc) is 3.19. The predicted octanol–water partition coefficient (Wildman–Crippen LogP) is 4.32. The quantitative estimate of drug-likeness (QED) is 0.321. The summed E-state index contributed by atoms with van der Waals surface area (Å²) in [6, 6.07) is 24.2. The zero-order valence-electron chi connectivity index (χ0n) is 20.0. The molecule has 0 unspecified atom stereocenters. The number of carbonyl (C=O) groups excluding carboxylic acids is 2. The number of fused-ring (bicyclic) bond motifs is 1. The first-order valence-corrected chi connectivity index (χ1v) is 14.1. The van der Waals surface area contributed by atoms with Crippen LogP contribution in [0, 0.1) is 0 Å². The van der Waals surface area contributed by atoms with E-state index < -0.39 is 15.8 Å². The highest BCUT2D eigenvalue weighted by Crippen LogP contribution is 2.28. The number of benzene rings is 3. The van der Waals surface area contributed by atoms with Crippen LogP contribution in [0.15, 0.2) is 88.8 Å². The molecular weight excluding hydrogens is 496 g/mol. The summed E-state index contributed by atoms with van der Waals surface area (Å²) >= 11 is 1.16. The highest BCUT2D eigenvalue weighted by atomic mass is 32.2. The predicted molar refractivity (Wildman–Crippen MR) is 139 cm³/mol. The fourth-order valence-electron chi connectivity index (χ4n) is 3.98. The number of hydrogen-bond acceptors (Lipinski definition) is 6. The zero-order valence-corrected chi connectivity index (χ0v) is 21.6. The SMILES string of the molecule is CCOC(=O)Cn1c(=NC(=O)CC(c2ccccc2)c2ccccc2)sc2cc(S(C)(=O)=O)ccc21. The van der Waals surface area contributed by atoms with Gasteiger partial charge in [0, 0.05) is 18.6 Å². The van der Waals surface area contributed by atoms with Crippen LogP contribution in [0.25, 0.3) is 10.2 Å². The number of ether oxygens (including phenoxy) is 1. The Bertz CT molecular complexity index is 1520. The van der Waals surface area contributed by atoms with E-state index in [1.807, 2.05) is 60.7 Å². The highest BCUT2D eigenvalue weighted by Gasteiger charge is 2.19. The van der Waals surface area contributed by atoms with Crippen LogP contribution < -0.4 is 4.80 Å². The Kier molecular flexibility index (Phi) is 7.81. The lowest BCUT2D eigenvalue weighted by Gasteiger charge is -2.16. The largest absolute Gasteiger partial charge is 0.465 e. The Balaban J connectivity index is 1.77.